The van der Waals surface area contributed by atoms with E-state index in [9.17, 15) is 18.4 Å². The molecule has 1 fully saturated rings. The minimum absolute atomic E-state index is 0.0249. The maximum atomic E-state index is 13.7. The Morgan fingerprint density at radius 1 is 1.41 bits per heavy atom. The second-order valence-electron chi connectivity index (χ2n) is 6.50. The fraction of sp³-hybridized carbons (Fsp3) is 0.333. The molecule has 0 radical (unpaired) electrons. The third-order valence-corrected chi connectivity index (χ3v) is 5.42. The van der Waals surface area contributed by atoms with Gasteiger partial charge in [-0.25, -0.2) is 18.7 Å². The van der Waals surface area contributed by atoms with E-state index in [-0.39, 0.29) is 28.6 Å². The molecule has 1 aliphatic rings. The van der Waals surface area contributed by atoms with Crippen LogP contribution < -0.4 is 10.9 Å². The Hall–Kier alpha value is -2.79. The summed E-state index contributed by atoms with van der Waals surface area (Å²) in [6.07, 6.45) is 3.11. The van der Waals surface area contributed by atoms with E-state index in [0.717, 1.165) is 42.8 Å². The Morgan fingerprint density at radius 3 is 3.07 bits per heavy atom. The van der Waals surface area contributed by atoms with Crippen molar-refractivity contribution in [2.45, 2.75) is 30.6 Å². The first-order chi connectivity index (χ1) is 14.0. The van der Waals surface area contributed by atoms with Gasteiger partial charge in [-0.15, -0.1) is 0 Å². The zero-order valence-corrected chi connectivity index (χ0v) is 16.0. The number of aromatic nitrogens is 4. The summed E-state index contributed by atoms with van der Waals surface area (Å²) in [5.41, 5.74) is -0.0382. The van der Waals surface area contributed by atoms with Crippen LogP contribution in [0.1, 0.15) is 12.8 Å². The van der Waals surface area contributed by atoms with Gasteiger partial charge >= 0.3 is 0 Å². The molecular weight excluding hydrogens is 404 g/mol. The van der Waals surface area contributed by atoms with Crippen LogP contribution in [0.25, 0.3) is 11.2 Å². The number of rotatable bonds is 6. The Balaban J connectivity index is 1.53. The second-order valence-corrected chi connectivity index (χ2v) is 7.45. The summed E-state index contributed by atoms with van der Waals surface area (Å²) in [4.78, 5) is 35.3. The van der Waals surface area contributed by atoms with Crippen molar-refractivity contribution in [2.24, 2.45) is 0 Å². The average Bonchev–Trinajstić information content (AvgIpc) is 3.33. The number of H-pyrrole nitrogens is 1. The molecule has 0 spiro atoms. The molecular formula is C18H17F2N5O3S. The van der Waals surface area contributed by atoms with Crippen LogP contribution in [0.15, 0.2) is 34.5 Å². The molecule has 3 aromatic rings. The van der Waals surface area contributed by atoms with Gasteiger partial charge in [-0.2, -0.15) is 0 Å². The molecule has 152 valence electrons. The number of anilines is 1. The Morgan fingerprint density at radius 2 is 2.28 bits per heavy atom. The molecule has 3 heterocycles. The molecule has 1 aliphatic heterocycles. The first-order valence-corrected chi connectivity index (χ1v) is 9.93. The largest absolute Gasteiger partial charge is 0.376 e. The number of carbonyl (C=O) groups excluding carboxylic acids is 1. The highest BCUT2D eigenvalue weighted by Crippen LogP contribution is 2.25. The Bertz CT molecular complexity index is 1110. The van der Waals surface area contributed by atoms with Gasteiger partial charge in [0, 0.05) is 12.7 Å². The van der Waals surface area contributed by atoms with Crippen LogP contribution in [0, 0.1) is 11.6 Å². The number of fused-ring (bicyclic) bond motifs is 1. The number of nitrogens with zero attached hydrogens (tertiary/aromatic N) is 3. The van der Waals surface area contributed by atoms with Gasteiger partial charge < -0.3 is 19.6 Å². The molecule has 29 heavy (non-hydrogen) atoms. The van der Waals surface area contributed by atoms with Crippen LogP contribution in [0.3, 0.4) is 0 Å². The van der Waals surface area contributed by atoms with Crippen LogP contribution in [0.5, 0.6) is 0 Å². The summed E-state index contributed by atoms with van der Waals surface area (Å²) in [6.45, 7) is 1.13. The lowest BCUT2D eigenvalue weighted by atomic mass is 10.2. The fourth-order valence-electron chi connectivity index (χ4n) is 3.10. The minimum atomic E-state index is -0.730. The summed E-state index contributed by atoms with van der Waals surface area (Å²) in [7, 11) is 0. The summed E-state index contributed by atoms with van der Waals surface area (Å²) >= 11 is 1.08. The van der Waals surface area contributed by atoms with Gasteiger partial charge in [0.1, 0.15) is 11.6 Å². The van der Waals surface area contributed by atoms with Gasteiger partial charge in [0.2, 0.25) is 5.91 Å². The monoisotopic (exact) mass is 421 g/mol. The molecule has 2 N–H and O–H groups in total. The lowest BCUT2D eigenvalue weighted by Gasteiger charge is -2.13. The van der Waals surface area contributed by atoms with Gasteiger partial charge in [0.05, 0.1) is 30.4 Å². The molecule has 0 bridgehead atoms. The Kier molecular flexibility index (Phi) is 5.58. The van der Waals surface area contributed by atoms with E-state index in [4.69, 9.17) is 4.74 Å². The van der Waals surface area contributed by atoms with E-state index in [2.05, 4.69) is 20.3 Å². The number of ether oxygens (including phenoxy) is 1. The van der Waals surface area contributed by atoms with Crippen molar-refractivity contribution in [3.05, 3.63) is 46.5 Å². The van der Waals surface area contributed by atoms with E-state index in [1.807, 2.05) is 0 Å². The molecule has 1 atom stereocenters. The molecule has 1 unspecified atom stereocenters. The molecule has 1 amide bonds. The summed E-state index contributed by atoms with van der Waals surface area (Å²) in [5.74, 6) is -2.02. The van der Waals surface area contributed by atoms with Crippen molar-refractivity contribution in [3.63, 3.8) is 0 Å². The number of aromatic amines is 1. The smallest absolute Gasteiger partial charge is 0.278 e. The summed E-state index contributed by atoms with van der Waals surface area (Å²) < 4.78 is 34.4. The maximum absolute atomic E-state index is 13.7. The molecule has 0 saturated carbocycles. The van der Waals surface area contributed by atoms with Crippen molar-refractivity contribution >= 4 is 34.5 Å². The summed E-state index contributed by atoms with van der Waals surface area (Å²) in [5, 5.41) is 2.76. The zero-order valence-electron chi connectivity index (χ0n) is 15.2. The van der Waals surface area contributed by atoms with Crippen molar-refractivity contribution in [2.75, 3.05) is 17.7 Å². The number of hydrogen-bond acceptors (Lipinski definition) is 6. The first kappa shape index (κ1) is 19.5. The molecule has 1 aromatic carbocycles. The summed E-state index contributed by atoms with van der Waals surface area (Å²) in [6, 6.07) is 2.82. The van der Waals surface area contributed by atoms with Crippen molar-refractivity contribution < 1.29 is 18.3 Å². The number of imidazole rings is 1. The number of benzene rings is 1. The highest BCUT2D eigenvalue weighted by atomic mass is 32.2. The molecule has 11 heteroatoms. The molecule has 0 aliphatic carbocycles. The topological polar surface area (TPSA) is 102 Å². The van der Waals surface area contributed by atoms with E-state index in [1.165, 1.54) is 6.33 Å². The molecule has 4 rings (SSSR count). The lowest BCUT2D eigenvalue weighted by molar-refractivity contribution is -0.113. The third-order valence-electron chi connectivity index (χ3n) is 4.45. The van der Waals surface area contributed by atoms with Crippen molar-refractivity contribution in [1.82, 2.24) is 19.5 Å². The first-order valence-electron chi connectivity index (χ1n) is 8.94. The second kappa shape index (κ2) is 8.29. The van der Waals surface area contributed by atoms with Crippen molar-refractivity contribution in [3.8, 4) is 0 Å². The third kappa shape index (κ3) is 4.30. The minimum Gasteiger partial charge on any atom is -0.376 e. The number of amides is 1. The lowest BCUT2D eigenvalue weighted by Crippen LogP contribution is -2.18. The van der Waals surface area contributed by atoms with Crippen molar-refractivity contribution in [1.29, 1.82) is 0 Å². The predicted octanol–water partition coefficient (Wildman–Crippen LogP) is 2.31. The zero-order chi connectivity index (χ0) is 20.4. The quantitative estimate of drug-likeness (QED) is 0.593. The van der Waals surface area contributed by atoms with Gasteiger partial charge in [0.15, 0.2) is 16.3 Å². The predicted molar refractivity (Wildman–Crippen MR) is 103 cm³/mol. The SMILES string of the molecule is O=C(CSc1nc2c(=O)[nH]cnc2n1CC1CCCO1)Nc1cc(F)ccc1F. The number of carbonyl (C=O) groups is 1. The highest BCUT2D eigenvalue weighted by Gasteiger charge is 2.22. The van der Waals surface area contributed by atoms with Crippen LogP contribution in [-0.4, -0.2) is 43.9 Å². The molecule has 8 nitrogen and oxygen atoms in total. The standard InChI is InChI=1S/C18H17F2N5O3S/c19-10-3-4-12(20)13(6-10)23-14(26)8-29-18-24-15-16(21-9-22-17(15)27)25(18)7-11-2-1-5-28-11/h3-4,6,9,11H,1-2,5,7-8H2,(H,23,26)(H,21,22,27). The highest BCUT2D eigenvalue weighted by molar-refractivity contribution is 7.99. The van der Waals surface area contributed by atoms with E-state index < -0.39 is 17.5 Å². The average molecular weight is 421 g/mol. The normalized spacial score (nSPS) is 16.4. The number of halogens is 2. The van der Waals surface area contributed by atoms with Crippen LogP contribution in [-0.2, 0) is 16.1 Å². The number of hydrogen-bond donors (Lipinski definition) is 2. The molecule has 2 aromatic heterocycles. The van der Waals surface area contributed by atoms with E-state index in [0.29, 0.717) is 24.0 Å². The van der Waals surface area contributed by atoms with Gasteiger partial charge in [-0.1, -0.05) is 11.8 Å². The van der Waals surface area contributed by atoms with Crippen LogP contribution in [0.4, 0.5) is 14.5 Å². The number of thioether (sulfide) groups is 1. The molecule has 1 saturated heterocycles. The van der Waals surface area contributed by atoms with E-state index in [1.54, 1.807) is 4.57 Å². The van der Waals surface area contributed by atoms with Gasteiger partial charge in [-0.05, 0) is 25.0 Å². The van der Waals surface area contributed by atoms with Crippen LogP contribution >= 0.6 is 11.8 Å². The Labute approximate surface area is 167 Å². The fourth-order valence-corrected chi connectivity index (χ4v) is 3.91. The van der Waals surface area contributed by atoms with Crippen LogP contribution in [0.2, 0.25) is 0 Å². The number of nitrogens with one attached hydrogen (secondary N) is 2. The van der Waals surface area contributed by atoms with Gasteiger partial charge in [0.25, 0.3) is 5.56 Å². The van der Waals surface area contributed by atoms with E-state index >= 15 is 0 Å². The van der Waals surface area contributed by atoms with Gasteiger partial charge in [-0.3, -0.25) is 9.59 Å². The maximum Gasteiger partial charge on any atom is 0.278 e.